The van der Waals surface area contributed by atoms with Crippen LogP contribution in [-0.4, -0.2) is 54.3 Å². The molecule has 1 saturated heterocycles. The lowest BCUT2D eigenvalue weighted by molar-refractivity contribution is 0.0580. The van der Waals surface area contributed by atoms with E-state index in [9.17, 15) is 9.90 Å². The molecule has 0 radical (unpaired) electrons. The van der Waals surface area contributed by atoms with Gasteiger partial charge in [0, 0.05) is 25.7 Å². The Morgan fingerprint density at radius 1 is 1.45 bits per heavy atom. The molecule has 0 aliphatic carbocycles. The largest absolute Gasteiger partial charge is 0.491 e. The molecule has 1 aliphatic rings. The van der Waals surface area contributed by atoms with Crippen LogP contribution in [0.4, 0.5) is 0 Å². The number of hydrogen-bond donors (Lipinski definition) is 2. The van der Waals surface area contributed by atoms with Crippen LogP contribution in [0.3, 0.4) is 0 Å². The van der Waals surface area contributed by atoms with Crippen LogP contribution in [0.2, 0.25) is 0 Å². The molecule has 1 heterocycles. The molecule has 1 fully saturated rings. The molecule has 0 spiro atoms. The van der Waals surface area contributed by atoms with E-state index in [0.717, 1.165) is 0 Å². The molecule has 110 valence electrons. The number of β-amino-alcohol motifs (C(OH)–C–C–N with tert-alkyl or cyclic N) is 1. The fourth-order valence-electron chi connectivity index (χ4n) is 2.38. The van der Waals surface area contributed by atoms with Crippen molar-refractivity contribution < 1.29 is 14.6 Å². The van der Waals surface area contributed by atoms with Crippen molar-refractivity contribution in [2.75, 3.05) is 20.1 Å². The molecule has 1 aromatic carbocycles. The van der Waals surface area contributed by atoms with Gasteiger partial charge in [-0.2, -0.15) is 0 Å². The fourth-order valence-corrected chi connectivity index (χ4v) is 2.38. The summed E-state index contributed by atoms with van der Waals surface area (Å²) in [5.41, 5.74) is 0.574. The molecule has 2 atom stereocenters. The number of hydrogen-bond acceptors (Lipinski definition) is 4. The second kappa shape index (κ2) is 6.24. The van der Waals surface area contributed by atoms with Crippen molar-refractivity contribution in [1.29, 1.82) is 0 Å². The number of benzene rings is 1. The van der Waals surface area contributed by atoms with Crippen molar-refractivity contribution in [3.63, 3.8) is 0 Å². The average Bonchev–Trinajstić information content (AvgIpc) is 2.83. The number of amides is 1. The van der Waals surface area contributed by atoms with Crippen LogP contribution in [0.15, 0.2) is 24.3 Å². The molecule has 0 unspecified atom stereocenters. The summed E-state index contributed by atoms with van der Waals surface area (Å²) in [5.74, 6) is 0.580. The van der Waals surface area contributed by atoms with Gasteiger partial charge in [0.2, 0.25) is 0 Å². The standard InChI is InChI=1S/C15H22N2O3/c1-10(2)20-12-6-4-5-11(7-12)15(19)17(3)13-8-16-9-14(13)18/h4-7,10,13-14,16,18H,8-9H2,1-3H3/t13-,14-/m0/s1. The van der Waals surface area contributed by atoms with Crippen LogP contribution < -0.4 is 10.1 Å². The van der Waals surface area contributed by atoms with Crippen molar-refractivity contribution in [3.05, 3.63) is 29.8 Å². The Kier molecular flexibility index (Phi) is 4.62. The molecule has 1 aromatic rings. The predicted octanol–water partition coefficient (Wildman–Crippen LogP) is 0.878. The zero-order valence-electron chi connectivity index (χ0n) is 12.2. The topological polar surface area (TPSA) is 61.8 Å². The second-order valence-electron chi connectivity index (χ2n) is 5.40. The van der Waals surface area contributed by atoms with Gasteiger partial charge in [-0.05, 0) is 32.0 Å². The van der Waals surface area contributed by atoms with Crippen LogP contribution in [0.5, 0.6) is 5.75 Å². The number of nitrogens with one attached hydrogen (secondary N) is 1. The Morgan fingerprint density at radius 3 is 2.80 bits per heavy atom. The molecule has 0 aromatic heterocycles. The Morgan fingerprint density at radius 2 is 2.20 bits per heavy atom. The zero-order valence-corrected chi connectivity index (χ0v) is 12.2. The Hall–Kier alpha value is -1.59. The van der Waals surface area contributed by atoms with Crippen molar-refractivity contribution in [3.8, 4) is 5.75 Å². The summed E-state index contributed by atoms with van der Waals surface area (Å²) in [5, 5.41) is 12.9. The quantitative estimate of drug-likeness (QED) is 0.858. The summed E-state index contributed by atoms with van der Waals surface area (Å²) < 4.78 is 5.60. The Labute approximate surface area is 119 Å². The van der Waals surface area contributed by atoms with Crippen molar-refractivity contribution >= 4 is 5.91 Å². The van der Waals surface area contributed by atoms with Crippen LogP contribution in [0, 0.1) is 0 Å². The number of rotatable bonds is 4. The molecule has 5 heteroatoms. The molecule has 0 bridgehead atoms. The third kappa shape index (κ3) is 3.29. The van der Waals surface area contributed by atoms with Crippen molar-refractivity contribution in [1.82, 2.24) is 10.2 Å². The maximum absolute atomic E-state index is 12.4. The normalized spacial score (nSPS) is 22.1. The number of likely N-dealkylation sites (N-methyl/N-ethyl adjacent to an activating group) is 1. The number of carbonyl (C=O) groups is 1. The number of nitrogens with zero attached hydrogens (tertiary/aromatic N) is 1. The van der Waals surface area contributed by atoms with Crippen molar-refractivity contribution in [2.24, 2.45) is 0 Å². The van der Waals surface area contributed by atoms with Gasteiger partial charge in [0.05, 0.1) is 18.2 Å². The van der Waals surface area contributed by atoms with E-state index < -0.39 is 6.10 Å². The average molecular weight is 278 g/mol. The van der Waals surface area contributed by atoms with E-state index in [0.29, 0.717) is 24.4 Å². The SMILES string of the molecule is CC(C)Oc1cccc(C(=O)N(C)[C@H]2CNC[C@@H]2O)c1. The van der Waals surface area contributed by atoms with Gasteiger partial charge >= 0.3 is 0 Å². The highest BCUT2D eigenvalue weighted by Gasteiger charge is 2.31. The molecule has 1 amide bonds. The summed E-state index contributed by atoms with van der Waals surface area (Å²) in [7, 11) is 1.72. The van der Waals surface area contributed by atoms with E-state index in [-0.39, 0.29) is 18.1 Å². The Bertz CT molecular complexity index is 476. The summed E-state index contributed by atoms with van der Waals surface area (Å²) >= 11 is 0. The van der Waals surface area contributed by atoms with E-state index in [4.69, 9.17) is 4.74 Å². The van der Waals surface area contributed by atoms with E-state index in [1.165, 1.54) is 0 Å². The lowest BCUT2D eigenvalue weighted by Gasteiger charge is -2.26. The van der Waals surface area contributed by atoms with Crippen LogP contribution in [0.25, 0.3) is 0 Å². The van der Waals surface area contributed by atoms with Crippen molar-refractivity contribution in [2.45, 2.75) is 32.1 Å². The third-order valence-corrected chi connectivity index (χ3v) is 3.42. The van der Waals surface area contributed by atoms with Gasteiger partial charge in [-0.25, -0.2) is 0 Å². The van der Waals surface area contributed by atoms with Gasteiger partial charge in [-0.3, -0.25) is 4.79 Å². The second-order valence-corrected chi connectivity index (χ2v) is 5.40. The number of aliphatic hydroxyl groups is 1. The maximum Gasteiger partial charge on any atom is 0.254 e. The Balaban J connectivity index is 2.12. The van der Waals surface area contributed by atoms with Crippen LogP contribution in [0.1, 0.15) is 24.2 Å². The summed E-state index contributed by atoms with van der Waals surface area (Å²) in [4.78, 5) is 14.0. The monoisotopic (exact) mass is 278 g/mol. The zero-order chi connectivity index (χ0) is 14.7. The predicted molar refractivity (Wildman–Crippen MR) is 77.0 cm³/mol. The van der Waals surface area contributed by atoms with Crippen LogP contribution >= 0.6 is 0 Å². The van der Waals surface area contributed by atoms with Gasteiger partial charge < -0.3 is 20.1 Å². The first kappa shape index (κ1) is 14.8. The molecule has 1 aliphatic heterocycles. The van der Waals surface area contributed by atoms with Gasteiger partial charge in [-0.15, -0.1) is 0 Å². The van der Waals surface area contributed by atoms with E-state index in [1.807, 2.05) is 26.0 Å². The van der Waals surface area contributed by atoms with Gasteiger partial charge in [0.15, 0.2) is 0 Å². The van der Waals surface area contributed by atoms with Crippen LogP contribution in [-0.2, 0) is 0 Å². The molecule has 2 N–H and O–H groups in total. The first-order chi connectivity index (χ1) is 9.49. The summed E-state index contributed by atoms with van der Waals surface area (Å²) in [6.45, 7) is 5.03. The highest BCUT2D eigenvalue weighted by atomic mass is 16.5. The minimum Gasteiger partial charge on any atom is -0.491 e. The van der Waals surface area contributed by atoms with E-state index in [2.05, 4.69) is 5.32 Å². The van der Waals surface area contributed by atoms with E-state index >= 15 is 0 Å². The number of aliphatic hydroxyl groups excluding tert-OH is 1. The highest BCUT2D eigenvalue weighted by Crippen LogP contribution is 2.18. The summed E-state index contributed by atoms with van der Waals surface area (Å²) in [6.07, 6.45) is -0.446. The maximum atomic E-state index is 12.4. The first-order valence-electron chi connectivity index (χ1n) is 6.91. The summed E-state index contributed by atoms with van der Waals surface area (Å²) in [6, 6.07) is 6.97. The van der Waals surface area contributed by atoms with E-state index in [1.54, 1.807) is 24.1 Å². The molecular formula is C15H22N2O3. The molecule has 0 saturated carbocycles. The minimum absolute atomic E-state index is 0.0685. The molecular weight excluding hydrogens is 256 g/mol. The first-order valence-corrected chi connectivity index (χ1v) is 6.91. The smallest absolute Gasteiger partial charge is 0.254 e. The molecule has 5 nitrogen and oxygen atoms in total. The fraction of sp³-hybridized carbons (Fsp3) is 0.533. The molecule has 2 rings (SSSR count). The minimum atomic E-state index is -0.515. The lowest BCUT2D eigenvalue weighted by atomic mass is 10.1. The number of carbonyl (C=O) groups excluding carboxylic acids is 1. The van der Waals surface area contributed by atoms with Gasteiger partial charge in [-0.1, -0.05) is 6.07 Å². The molecule has 20 heavy (non-hydrogen) atoms. The lowest BCUT2D eigenvalue weighted by Crippen LogP contribution is -2.44. The third-order valence-electron chi connectivity index (χ3n) is 3.42. The highest BCUT2D eigenvalue weighted by molar-refractivity contribution is 5.94. The number of ether oxygens (including phenoxy) is 1. The van der Waals surface area contributed by atoms with Gasteiger partial charge in [0.25, 0.3) is 5.91 Å². The van der Waals surface area contributed by atoms with Gasteiger partial charge in [0.1, 0.15) is 5.75 Å².